The van der Waals surface area contributed by atoms with Crippen molar-refractivity contribution < 1.29 is 44.9 Å². The van der Waals surface area contributed by atoms with Gasteiger partial charge >= 0.3 is 5.97 Å². The second kappa shape index (κ2) is 10.7. The van der Waals surface area contributed by atoms with E-state index in [1.165, 1.54) is 0 Å². The van der Waals surface area contributed by atoms with Crippen molar-refractivity contribution in [3.63, 3.8) is 0 Å². The first-order chi connectivity index (χ1) is 20.8. The third-order valence-electron chi connectivity index (χ3n) is 15.3. The van der Waals surface area contributed by atoms with E-state index in [9.17, 15) is 35.4 Å². The van der Waals surface area contributed by atoms with Gasteiger partial charge in [0.25, 0.3) is 0 Å². The summed E-state index contributed by atoms with van der Waals surface area (Å²) in [5.41, 5.74) is 0.871. The predicted molar refractivity (Wildman–Crippen MR) is 167 cm³/mol. The molecule has 5 aliphatic carbocycles. The third kappa shape index (κ3) is 4.61. The molecule has 1 heterocycles. The van der Waals surface area contributed by atoms with Gasteiger partial charge in [0.1, 0.15) is 18.3 Å². The molecule has 0 bridgehead atoms. The van der Waals surface area contributed by atoms with Gasteiger partial charge in [-0.25, -0.2) is 4.79 Å². The van der Waals surface area contributed by atoms with Gasteiger partial charge in [0, 0.05) is 10.8 Å². The summed E-state index contributed by atoms with van der Waals surface area (Å²) in [4.78, 5) is 11.7. The zero-order chi connectivity index (χ0) is 33.1. The lowest BCUT2D eigenvalue weighted by molar-refractivity contribution is -0.327. The molecule has 9 nitrogen and oxygen atoms in total. The van der Waals surface area contributed by atoms with Crippen molar-refractivity contribution in [2.24, 2.45) is 50.2 Å². The Bertz CT molecular complexity index is 1220. The normalized spacial score (nSPS) is 55.8. The van der Waals surface area contributed by atoms with E-state index >= 15 is 0 Å². The van der Waals surface area contributed by atoms with Gasteiger partial charge in [-0.3, -0.25) is 0 Å². The van der Waals surface area contributed by atoms with Crippen LogP contribution in [0.25, 0.3) is 0 Å². The molecule has 0 spiro atoms. The van der Waals surface area contributed by atoms with Crippen molar-refractivity contribution in [1.29, 1.82) is 0 Å². The number of aliphatic carboxylic acids is 1. The van der Waals surface area contributed by atoms with Gasteiger partial charge in [-0.2, -0.15) is 0 Å². The molecule has 6 rings (SSSR count). The van der Waals surface area contributed by atoms with Gasteiger partial charge in [-0.15, -0.1) is 0 Å². The largest absolute Gasteiger partial charge is 0.479 e. The van der Waals surface area contributed by atoms with E-state index in [1.807, 2.05) is 6.92 Å². The summed E-state index contributed by atoms with van der Waals surface area (Å²) in [5.74, 6) is -0.570. The lowest BCUT2D eigenvalue weighted by Crippen LogP contribution is -2.67. The number of hydrogen-bond donors (Lipinski definition) is 6. The summed E-state index contributed by atoms with van der Waals surface area (Å²) >= 11 is 0. The predicted octanol–water partition coefficient (Wildman–Crippen LogP) is 4.03. The van der Waals surface area contributed by atoms with Crippen LogP contribution in [0.5, 0.6) is 0 Å². The van der Waals surface area contributed by atoms with Crippen molar-refractivity contribution in [2.75, 3.05) is 6.61 Å². The molecule has 0 aromatic carbocycles. The molecule has 6 aliphatic rings. The highest BCUT2D eigenvalue weighted by molar-refractivity contribution is 5.73. The first kappa shape index (κ1) is 33.8. The molecule has 6 N–H and O–H groups in total. The van der Waals surface area contributed by atoms with Gasteiger partial charge in [0.05, 0.1) is 18.8 Å². The number of ether oxygens (including phenoxy) is 2. The lowest BCUT2D eigenvalue weighted by Gasteiger charge is -2.72. The Morgan fingerprint density at radius 2 is 1.56 bits per heavy atom. The number of allylic oxidation sites excluding steroid dienone is 2. The zero-order valence-electron chi connectivity index (χ0n) is 28.3. The molecule has 0 aromatic rings. The average Bonchev–Trinajstić information content (AvgIpc) is 2.96. The quantitative estimate of drug-likeness (QED) is 0.199. The summed E-state index contributed by atoms with van der Waals surface area (Å²) < 4.78 is 11.8. The van der Waals surface area contributed by atoms with Crippen molar-refractivity contribution in [1.82, 2.24) is 0 Å². The van der Waals surface area contributed by atoms with Crippen LogP contribution in [-0.4, -0.2) is 86.1 Å². The Morgan fingerprint density at radius 3 is 2.20 bits per heavy atom. The maximum Gasteiger partial charge on any atom is 0.335 e. The molecule has 0 amide bonds. The van der Waals surface area contributed by atoms with Gasteiger partial charge < -0.3 is 40.1 Å². The Morgan fingerprint density at radius 1 is 0.867 bits per heavy atom. The molecule has 1 saturated heterocycles. The lowest BCUT2D eigenvalue weighted by atomic mass is 9.33. The molecule has 4 saturated carbocycles. The fraction of sp³-hybridized carbons (Fsp3) is 0.917. The van der Waals surface area contributed by atoms with Crippen LogP contribution in [0, 0.1) is 50.2 Å². The highest BCUT2D eigenvalue weighted by atomic mass is 16.7. The van der Waals surface area contributed by atoms with E-state index in [1.54, 1.807) is 5.57 Å². The Labute approximate surface area is 268 Å². The molecule has 0 aromatic heterocycles. The number of hydrogen-bond acceptors (Lipinski definition) is 8. The minimum Gasteiger partial charge on any atom is -0.479 e. The van der Waals surface area contributed by atoms with Crippen molar-refractivity contribution in [2.45, 2.75) is 149 Å². The fourth-order valence-electron chi connectivity index (χ4n) is 12.2. The van der Waals surface area contributed by atoms with E-state index in [4.69, 9.17) is 9.47 Å². The molecule has 45 heavy (non-hydrogen) atoms. The number of aliphatic hydroxyl groups excluding tert-OH is 5. The Balaban J connectivity index is 1.30. The van der Waals surface area contributed by atoms with Crippen LogP contribution in [-0.2, 0) is 14.3 Å². The van der Waals surface area contributed by atoms with Crippen molar-refractivity contribution in [3.05, 3.63) is 11.6 Å². The summed E-state index contributed by atoms with van der Waals surface area (Å²) in [7, 11) is 0. The smallest absolute Gasteiger partial charge is 0.335 e. The van der Waals surface area contributed by atoms with Crippen molar-refractivity contribution in [3.8, 4) is 0 Å². The number of carbonyl (C=O) groups is 1. The standard InChI is InChI=1S/C36H58O9/c1-31(2)16-20-19-8-9-22-33(4)12-11-24(44-30-27(41)25(39)26(40)28(45-30)29(42)43)34(5,18-37)21(33)10-13-36(22,7)35(19,6)15-14-32(20,3)23(38)17-31/h8,20-28,30,37-41H,9-18H2,1-7H3,(H,42,43)/t20-,21+,22+,23+,24-,25-,26-,27+,28-,30+,32+,33-,34+,35+,36+/m0/s1. The van der Waals surface area contributed by atoms with Crippen LogP contribution in [0.15, 0.2) is 11.6 Å². The van der Waals surface area contributed by atoms with Crippen LogP contribution < -0.4 is 0 Å². The fourth-order valence-corrected chi connectivity index (χ4v) is 12.2. The van der Waals surface area contributed by atoms with Crippen molar-refractivity contribution >= 4 is 5.97 Å². The summed E-state index contributed by atoms with van der Waals surface area (Å²) in [6, 6.07) is 0. The molecular formula is C36H58O9. The molecule has 9 heteroatoms. The van der Waals surface area contributed by atoms with Gasteiger partial charge in [-0.1, -0.05) is 60.1 Å². The first-order valence-electron chi connectivity index (χ1n) is 17.4. The number of carboxylic acids is 1. The molecule has 5 fully saturated rings. The van der Waals surface area contributed by atoms with Crippen LogP contribution in [0.1, 0.15) is 106 Å². The highest BCUT2D eigenvalue weighted by Gasteiger charge is 2.69. The van der Waals surface area contributed by atoms with E-state index in [0.29, 0.717) is 18.3 Å². The maximum absolute atomic E-state index is 11.7. The monoisotopic (exact) mass is 634 g/mol. The van der Waals surface area contributed by atoms with E-state index in [2.05, 4.69) is 47.6 Å². The van der Waals surface area contributed by atoms with Gasteiger partial charge in [0.15, 0.2) is 12.4 Å². The second-order valence-electron chi connectivity index (χ2n) is 18.0. The minimum atomic E-state index is -1.78. The molecule has 15 atom stereocenters. The van der Waals surface area contributed by atoms with Crippen LogP contribution in [0.4, 0.5) is 0 Å². The number of rotatable bonds is 4. The molecular weight excluding hydrogens is 576 g/mol. The number of aliphatic hydroxyl groups is 5. The number of carboxylic acid groups (broad SMARTS) is 1. The van der Waals surface area contributed by atoms with E-state index < -0.39 is 48.2 Å². The summed E-state index contributed by atoms with van der Waals surface area (Å²) in [5, 5.41) is 63.3. The zero-order valence-corrected chi connectivity index (χ0v) is 28.3. The summed E-state index contributed by atoms with van der Waals surface area (Å²) in [6.07, 6.45) is 1.81. The van der Waals surface area contributed by atoms with Crippen LogP contribution in [0.2, 0.25) is 0 Å². The molecule has 0 unspecified atom stereocenters. The van der Waals surface area contributed by atoms with Gasteiger partial charge in [-0.05, 0) is 97.2 Å². The third-order valence-corrected chi connectivity index (χ3v) is 15.3. The molecule has 1 aliphatic heterocycles. The van der Waals surface area contributed by atoms with Crippen LogP contribution in [0.3, 0.4) is 0 Å². The SMILES string of the molecule is CC1(C)C[C@@H](O)[C@]2(C)CC[C@]3(C)C(=CC[C@@H]4[C@@]5(C)CC[C@H](O[C@@H]6O[C@H](C(=O)O)[C@@H](O)[C@H](O)[C@H]6O)[C@](C)(CO)[C@@H]5CC[C@]43C)[C@@H]2C1. The van der Waals surface area contributed by atoms with E-state index in [-0.39, 0.29) is 45.7 Å². The average molecular weight is 635 g/mol. The highest BCUT2D eigenvalue weighted by Crippen LogP contribution is 2.75. The minimum absolute atomic E-state index is 0.0209. The second-order valence-corrected chi connectivity index (χ2v) is 18.0. The van der Waals surface area contributed by atoms with Gasteiger partial charge in [0.2, 0.25) is 0 Å². The first-order valence-corrected chi connectivity index (χ1v) is 17.4. The maximum atomic E-state index is 11.7. The Hall–Kier alpha value is -1.07. The Kier molecular flexibility index (Phi) is 8.05. The van der Waals surface area contributed by atoms with E-state index in [0.717, 1.165) is 51.4 Å². The number of fused-ring (bicyclic) bond motifs is 7. The molecule has 256 valence electrons. The summed E-state index contributed by atoms with van der Waals surface area (Å²) in [6.45, 7) is 16.3. The van der Waals surface area contributed by atoms with Crippen LogP contribution >= 0.6 is 0 Å². The topological polar surface area (TPSA) is 157 Å². The molecule has 0 radical (unpaired) electrons.